The fourth-order valence-corrected chi connectivity index (χ4v) is 3.88. The number of hydrazine groups is 1. The van der Waals surface area contributed by atoms with Gasteiger partial charge in [0.1, 0.15) is 17.0 Å². The molecule has 1 amide bonds. The zero-order valence-corrected chi connectivity index (χ0v) is 16.1. The molecule has 3 heterocycles. The third kappa shape index (κ3) is 2.85. The lowest BCUT2D eigenvalue weighted by Crippen LogP contribution is -2.30. The van der Waals surface area contributed by atoms with Crippen LogP contribution < -0.4 is 11.3 Å². The van der Waals surface area contributed by atoms with Gasteiger partial charge in [-0.25, -0.2) is 20.2 Å². The minimum absolute atomic E-state index is 0.166. The van der Waals surface area contributed by atoms with Gasteiger partial charge < -0.3 is 0 Å². The van der Waals surface area contributed by atoms with Crippen LogP contribution in [-0.4, -0.2) is 20.3 Å². The highest BCUT2D eigenvalue weighted by Gasteiger charge is 2.41. The minimum Gasteiger partial charge on any atom is -0.289 e. The quantitative estimate of drug-likeness (QED) is 0.302. The number of amides is 1. The Hall–Kier alpha value is -3.03. The van der Waals surface area contributed by atoms with Crippen LogP contribution in [0.3, 0.4) is 0 Å². The second-order valence-corrected chi connectivity index (χ2v) is 7.72. The molecule has 3 aromatic heterocycles. The van der Waals surface area contributed by atoms with Crippen molar-refractivity contribution in [2.24, 2.45) is 5.84 Å². The van der Waals surface area contributed by atoms with Gasteiger partial charge in [-0.15, -0.1) is 0 Å². The number of alkyl halides is 1. The first kappa shape index (κ1) is 18.0. The number of nitrogens with zero attached hydrogens (tertiary/aromatic N) is 3. The van der Waals surface area contributed by atoms with Crippen molar-refractivity contribution < 1.29 is 9.18 Å². The summed E-state index contributed by atoms with van der Waals surface area (Å²) >= 11 is 6.04. The van der Waals surface area contributed by atoms with E-state index in [2.05, 4.69) is 15.4 Å². The molecule has 6 nitrogen and oxygen atoms in total. The molecule has 1 fully saturated rings. The fourth-order valence-electron chi connectivity index (χ4n) is 3.75. The van der Waals surface area contributed by atoms with E-state index in [-0.39, 0.29) is 5.69 Å². The van der Waals surface area contributed by atoms with Crippen LogP contribution in [-0.2, 0) is 5.67 Å². The van der Waals surface area contributed by atoms with E-state index in [9.17, 15) is 4.79 Å². The van der Waals surface area contributed by atoms with Crippen molar-refractivity contribution in [3.05, 3.63) is 65.1 Å². The number of aromatic nitrogens is 3. The Labute approximate surface area is 170 Å². The van der Waals surface area contributed by atoms with Gasteiger partial charge in [-0.1, -0.05) is 23.7 Å². The minimum atomic E-state index is -1.43. The maximum absolute atomic E-state index is 15.3. The maximum atomic E-state index is 15.3. The summed E-state index contributed by atoms with van der Waals surface area (Å²) in [6.45, 7) is 0. The Morgan fingerprint density at radius 1 is 1.17 bits per heavy atom. The van der Waals surface area contributed by atoms with Crippen molar-refractivity contribution in [2.45, 2.75) is 24.9 Å². The number of pyridine rings is 2. The topological polar surface area (TPSA) is 85.3 Å². The maximum Gasteiger partial charge on any atom is 0.285 e. The van der Waals surface area contributed by atoms with Crippen molar-refractivity contribution in [1.29, 1.82) is 0 Å². The van der Waals surface area contributed by atoms with E-state index in [0.29, 0.717) is 34.9 Å². The van der Waals surface area contributed by atoms with Gasteiger partial charge >= 0.3 is 0 Å². The molecular weight excluding hydrogens is 393 g/mol. The average Bonchev–Trinajstić information content (AvgIpc) is 3.16. The van der Waals surface area contributed by atoms with E-state index in [0.717, 1.165) is 22.9 Å². The average molecular weight is 410 g/mol. The molecule has 0 bridgehead atoms. The summed E-state index contributed by atoms with van der Waals surface area (Å²) in [7, 11) is 0. The number of hydrogen-bond acceptors (Lipinski definition) is 4. The number of rotatable bonds is 3. The molecule has 5 rings (SSSR count). The fraction of sp³-hybridized carbons (Fsp3) is 0.190. The van der Waals surface area contributed by atoms with Gasteiger partial charge in [0.25, 0.3) is 5.91 Å². The van der Waals surface area contributed by atoms with Gasteiger partial charge in [-0.05, 0) is 60.7 Å². The SMILES string of the molecule is NNC(=O)c1cn2c(ccc3c(-c4ccc(Cl)cc4)cc(C4(F)CCC4)nc32)n1. The van der Waals surface area contributed by atoms with Crippen LogP contribution >= 0.6 is 11.6 Å². The molecule has 29 heavy (non-hydrogen) atoms. The monoisotopic (exact) mass is 409 g/mol. The predicted molar refractivity (Wildman–Crippen MR) is 109 cm³/mol. The van der Waals surface area contributed by atoms with Crippen LogP contribution in [0.25, 0.3) is 27.8 Å². The van der Waals surface area contributed by atoms with Crippen molar-refractivity contribution in [2.75, 3.05) is 0 Å². The van der Waals surface area contributed by atoms with Crippen LogP contribution in [0.15, 0.2) is 48.7 Å². The number of nitrogens with one attached hydrogen (secondary N) is 1. The van der Waals surface area contributed by atoms with E-state index in [1.165, 1.54) is 0 Å². The summed E-state index contributed by atoms with van der Waals surface area (Å²) in [6, 6.07) is 12.9. The highest BCUT2D eigenvalue weighted by Crippen LogP contribution is 2.46. The lowest BCUT2D eigenvalue weighted by atomic mass is 9.78. The van der Waals surface area contributed by atoms with Gasteiger partial charge in [-0.3, -0.25) is 14.6 Å². The van der Waals surface area contributed by atoms with E-state index >= 15 is 4.39 Å². The van der Waals surface area contributed by atoms with Crippen LogP contribution in [0.4, 0.5) is 4.39 Å². The van der Waals surface area contributed by atoms with Gasteiger partial charge in [0, 0.05) is 16.6 Å². The Bertz CT molecular complexity index is 1260. The Balaban J connectivity index is 1.82. The molecule has 1 aliphatic carbocycles. The van der Waals surface area contributed by atoms with Crippen molar-refractivity contribution in [3.63, 3.8) is 0 Å². The molecule has 1 aliphatic rings. The molecular formula is C21H17ClFN5O. The summed E-state index contributed by atoms with van der Waals surface area (Å²) in [5, 5.41) is 1.45. The lowest BCUT2D eigenvalue weighted by Gasteiger charge is -2.33. The van der Waals surface area contributed by atoms with E-state index in [4.69, 9.17) is 17.4 Å². The zero-order valence-electron chi connectivity index (χ0n) is 15.3. The standard InChI is InChI=1S/C21H17ClFN5O/c22-13-4-2-12(3-5-13)15-10-17(21(23)8-1-9-21)26-19-14(15)6-7-18-25-16(11-28(18)19)20(29)27-24/h2-7,10-11H,1,8-9,24H2,(H,27,29). The second kappa shape index (κ2) is 6.50. The van der Waals surface area contributed by atoms with Crippen LogP contribution in [0.5, 0.6) is 0 Å². The van der Waals surface area contributed by atoms with Crippen molar-refractivity contribution >= 4 is 34.2 Å². The van der Waals surface area contributed by atoms with Crippen LogP contribution in [0.2, 0.25) is 5.02 Å². The van der Waals surface area contributed by atoms with Crippen molar-refractivity contribution in [3.8, 4) is 11.1 Å². The summed E-state index contributed by atoms with van der Waals surface area (Å²) in [5.74, 6) is 4.73. The molecule has 146 valence electrons. The molecule has 4 aromatic rings. The number of halogens is 2. The first-order valence-electron chi connectivity index (χ1n) is 9.28. The van der Waals surface area contributed by atoms with E-state index < -0.39 is 11.6 Å². The Kier molecular flexibility index (Phi) is 4.04. The van der Waals surface area contributed by atoms with E-state index in [1.54, 1.807) is 28.8 Å². The molecule has 0 unspecified atom stereocenters. The van der Waals surface area contributed by atoms with Crippen LogP contribution in [0, 0.1) is 0 Å². The molecule has 8 heteroatoms. The number of carbonyl (C=O) groups excluding carboxylic acids is 1. The number of fused-ring (bicyclic) bond motifs is 3. The zero-order chi connectivity index (χ0) is 20.2. The number of carbonyl (C=O) groups is 1. The van der Waals surface area contributed by atoms with Gasteiger partial charge in [0.15, 0.2) is 5.67 Å². The third-order valence-corrected chi connectivity index (χ3v) is 5.78. The normalized spacial score (nSPS) is 15.4. The Morgan fingerprint density at radius 3 is 2.59 bits per heavy atom. The smallest absolute Gasteiger partial charge is 0.285 e. The highest BCUT2D eigenvalue weighted by molar-refractivity contribution is 6.30. The van der Waals surface area contributed by atoms with Gasteiger partial charge in [0.05, 0.1) is 5.69 Å². The first-order valence-corrected chi connectivity index (χ1v) is 9.65. The molecule has 0 atom stereocenters. The summed E-state index contributed by atoms with van der Waals surface area (Å²) in [4.78, 5) is 20.9. The lowest BCUT2D eigenvalue weighted by molar-refractivity contribution is 0.0563. The molecule has 0 spiro atoms. The highest BCUT2D eigenvalue weighted by atomic mass is 35.5. The molecule has 3 N–H and O–H groups in total. The van der Waals surface area contributed by atoms with Crippen LogP contribution in [0.1, 0.15) is 35.4 Å². The van der Waals surface area contributed by atoms with E-state index in [1.807, 2.05) is 24.3 Å². The first-order chi connectivity index (χ1) is 14.0. The Morgan fingerprint density at radius 2 is 1.93 bits per heavy atom. The number of nitrogen functional groups attached to an aromatic ring is 1. The number of hydrogen-bond donors (Lipinski definition) is 2. The molecule has 0 aliphatic heterocycles. The summed E-state index contributed by atoms with van der Waals surface area (Å²) in [5.41, 5.74) is 4.04. The van der Waals surface area contributed by atoms with Gasteiger partial charge in [-0.2, -0.15) is 0 Å². The number of imidazole rings is 1. The summed E-state index contributed by atoms with van der Waals surface area (Å²) in [6.07, 6.45) is 3.30. The number of benzene rings is 1. The predicted octanol–water partition coefficient (Wildman–Crippen LogP) is 4.16. The van der Waals surface area contributed by atoms with Gasteiger partial charge in [0.2, 0.25) is 0 Å². The third-order valence-electron chi connectivity index (χ3n) is 5.52. The summed E-state index contributed by atoms with van der Waals surface area (Å²) < 4.78 is 17.0. The van der Waals surface area contributed by atoms with Crippen molar-refractivity contribution in [1.82, 2.24) is 19.8 Å². The second-order valence-electron chi connectivity index (χ2n) is 7.28. The molecule has 0 radical (unpaired) electrons. The molecule has 1 saturated carbocycles. The number of nitrogens with two attached hydrogens (primary N) is 1. The molecule has 1 aromatic carbocycles. The molecule has 0 saturated heterocycles. The largest absolute Gasteiger partial charge is 0.289 e.